The van der Waals surface area contributed by atoms with E-state index < -0.39 is 17.9 Å². The normalized spacial score (nSPS) is 11.6. The Morgan fingerprint density at radius 2 is 1.62 bits per heavy atom. The highest BCUT2D eigenvalue weighted by atomic mass is 32.2. The first-order valence-corrected chi connectivity index (χ1v) is 15.3. The third-order valence-electron chi connectivity index (χ3n) is 7.22. The number of aliphatic carboxylic acids is 1. The molecule has 42 heavy (non-hydrogen) atoms. The summed E-state index contributed by atoms with van der Waals surface area (Å²) in [5.74, 6) is -0.794. The predicted molar refractivity (Wildman–Crippen MR) is 172 cm³/mol. The molecule has 0 radical (unpaired) electrons. The maximum Gasteiger partial charge on any atom is 0.326 e. The van der Waals surface area contributed by atoms with Gasteiger partial charge in [0, 0.05) is 24.8 Å². The summed E-state index contributed by atoms with van der Waals surface area (Å²) in [4.78, 5) is 32.2. The van der Waals surface area contributed by atoms with Crippen molar-refractivity contribution >= 4 is 40.1 Å². The summed E-state index contributed by atoms with van der Waals surface area (Å²) in [5.41, 5.74) is 5.33. The van der Waals surface area contributed by atoms with Gasteiger partial charge in [0.1, 0.15) is 6.04 Å². The molecule has 1 aromatic heterocycles. The van der Waals surface area contributed by atoms with Crippen molar-refractivity contribution < 1.29 is 14.7 Å². The van der Waals surface area contributed by atoms with E-state index in [1.165, 1.54) is 5.56 Å². The van der Waals surface area contributed by atoms with E-state index in [2.05, 4.69) is 51.6 Å². The molecule has 5 rings (SSSR count). The molecule has 1 amide bonds. The molecule has 212 valence electrons. The van der Waals surface area contributed by atoms with Crippen molar-refractivity contribution in [3.05, 3.63) is 132 Å². The highest BCUT2D eigenvalue weighted by Crippen LogP contribution is 2.33. The Bertz CT molecular complexity index is 1660. The van der Waals surface area contributed by atoms with E-state index in [1.807, 2.05) is 79.2 Å². The Kier molecular flexibility index (Phi) is 9.51. The first-order chi connectivity index (χ1) is 20.5. The zero-order valence-electron chi connectivity index (χ0n) is 23.4. The van der Waals surface area contributed by atoms with Crippen molar-refractivity contribution in [2.75, 3.05) is 16.9 Å². The van der Waals surface area contributed by atoms with Gasteiger partial charge in [0.05, 0.1) is 11.9 Å². The van der Waals surface area contributed by atoms with Gasteiger partial charge in [0.2, 0.25) is 0 Å². The molecular weight excluding hydrogens is 542 g/mol. The van der Waals surface area contributed by atoms with Gasteiger partial charge in [0.15, 0.2) is 0 Å². The molecule has 0 aliphatic carbocycles. The number of fused-ring (bicyclic) bond motifs is 1. The second kappa shape index (κ2) is 13.8. The number of hydrogen-bond donors (Lipinski definition) is 2. The number of amides is 1. The average molecular weight is 576 g/mol. The molecule has 0 fully saturated rings. The van der Waals surface area contributed by atoms with Crippen LogP contribution in [0.3, 0.4) is 0 Å². The SMILES string of the molecule is CSCCC(NC(=O)c1ccc(CN(Cc2ccccc2)c2cccnc2)cc1-c1cccc2ccccc12)C(=O)O. The number of rotatable bonds is 12. The quantitative estimate of drug-likeness (QED) is 0.166. The number of carboxylic acids is 1. The zero-order chi connectivity index (χ0) is 29.3. The van der Waals surface area contributed by atoms with Crippen LogP contribution in [0.5, 0.6) is 0 Å². The number of benzene rings is 4. The van der Waals surface area contributed by atoms with Crippen molar-refractivity contribution in [1.82, 2.24) is 10.3 Å². The van der Waals surface area contributed by atoms with E-state index >= 15 is 0 Å². The lowest BCUT2D eigenvalue weighted by Crippen LogP contribution is -2.41. The molecule has 4 aromatic carbocycles. The van der Waals surface area contributed by atoms with Crippen LogP contribution in [-0.4, -0.2) is 40.0 Å². The molecule has 0 bridgehead atoms. The molecule has 5 aromatic rings. The molecule has 2 N–H and O–H groups in total. The largest absolute Gasteiger partial charge is 0.480 e. The minimum Gasteiger partial charge on any atom is -0.480 e. The molecule has 1 heterocycles. The summed E-state index contributed by atoms with van der Waals surface area (Å²) in [6.45, 7) is 1.28. The number of thioether (sulfide) groups is 1. The Balaban J connectivity index is 1.56. The number of anilines is 1. The van der Waals surface area contributed by atoms with Gasteiger partial charge < -0.3 is 15.3 Å². The Hall–Kier alpha value is -4.62. The summed E-state index contributed by atoms with van der Waals surface area (Å²) in [6.07, 6.45) is 5.89. The Labute approximate surface area is 250 Å². The molecular formula is C35H33N3O3S. The highest BCUT2D eigenvalue weighted by molar-refractivity contribution is 7.98. The number of nitrogens with zero attached hydrogens (tertiary/aromatic N) is 2. The monoisotopic (exact) mass is 575 g/mol. The third kappa shape index (κ3) is 6.98. The maximum absolute atomic E-state index is 13.6. The van der Waals surface area contributed by atoms with E-state index in [1.54, 1.807) is 18.0 Å². The first-order valence-electron chi connectivity index (χ1n) is 13.9. The fourth-order valence-corrected chi connectivity index (χ4v) is 5.57. The Morgan fingerprint density at radius 1 is 0.857 bits per heavy atom. The van der Waals surface area contributed by atoms with Crippen LogP contribution in [0.4, 0.5) is 5.69 Å². The first kappa shape index (κ1) is 28.9. The number of aromatic nitrogens is 1. The van der Waals surface area contributed by atoms with Gasteiger partial charge in [-0.1, -0.05) is 78.9 Å². The topological polar surface area (TPSA) is 82.5 Å². The van der Waals surface area contributed by atoms with E-state index in [-0.39, 0.29) is 0 Å². The second-order valence-electron chi connectivity index (χ2n) is 10.1. The van der Waals surface area contributed by atoms with Gasteiger partial charge in [-0.3, -0.25) is 9.78 Å². The Morgan fingerprint density at radius 3 is 2.38 bits per heavy atom. The predicted octanol–water partition coefficient (Wildman–Crippen LogP) is 7.04. The summed E-state index contributed by atoms with van der Waals surface area (Å²) in [6, 6.07) is 33.3. The molecule has 7 heteroatoms. The molecule has 0 spiro atoms. The van der Waals surface area contributed by atoms with Crippen molar-refractivity contribution in [1.29, 1.82) is 0 Å². The fraction of sp³-hybridized carbons (Fsp3) is 0.171. The molecule has 0 aliphatic heterocycles. The van der Waals surface area contributed by atoms with Gasteiger partial charge in [-0.25, -0.2) is 4.79 Å². The van der Waals surface area contributed by atoms with Crippen LogP contribution in [0.15, 0.2) is 116 Å². The lowest BCUT2D eigenvalue weighted by Gasteiger charge is -2.25. The third-order valence-corrected chi connectivity index (χ3v) is 7.87. The molecule has 0 saturated carbocycles. The summed E-state index contributed by atoms with van der Waals surface area (Å²) in [7, 11) is 0. The fourth-order valence-electron chi connectivity index (χ4n) is 5.10. The molecule has 1 atom stereocenters. The number of nitrogens with one attached hydrogen (secondary N) is 1. The standard InChI is InChI=1S/C35H33N3O3S/c1-42-20-18-33(35(40)41)37-34(39)31-17-16-26(21-32(31)30-15-7-12-27-11-5-6-14-29(27)30)24-38(28-13-8-19-36-22-28)23-25-9-3-2-4-10-25/h2-17,19,21-22,33H,18,20,23-24H2,1H3,(H,37,39)(H,40,41). The minimum atomic E-state index is -1.03. The van der Waals surface area contributed by atoms with Crippen LogP contribution < -0.4 is 10.2 Å². The number of hydrogen-bond acceptors (Lipinski definition) is 5. The van der Waals surface area contributed by atoms with Crippen LogP contribution in [-0.2, 0) is 17.9 Å². The van der Waals surface area contributed by atoms with E-state index in [0.29, 0.717) is 30.8 Å². The lowest BCUT2D eigenvalue weighted by atomic mass is 9.92. The minimum absolute atomic E-state index is 0.351. The number of carbonyl (C=O) groups is 2. The smallest absolute Gasteiger partial charge is 0.326 e. The number of carbonyl (C=O) groups excluding carboxylic acids is 1. The van der Waals surface area contributed by atoms with Crippen molar-refractivity contribution in [2.45, 2.75) is 25.6 Å². The summed E-state index contributed by atoms with van der Waals surface area (Å²) >= 11 is 1.55. The van der Waals surface area contributed by atoms with Gasteiger partial charge in [0.25, 0.3) is 5.91 Å². The van der Waals surface area contributed by atoms with Crippen LogP contribution >= 0.6 is 11.8 Å². The van der Waals surface area contributed by atoms with Crippen LogP contribution in [0, 0.1) is 0 Å². The molecule has 0 aliphatic rings. The zero-order valence-corrected chi connectivity index (χ0v) is 24.3. The van der Waals surface area contributed by atoms with Crippen molar-refractivity contribution in [3.8, 4) is 11.1 Å². The van der Waals surface area contributed by atoms with Gasteiger partial charge in [-0.15, -0.1) is 0 Å². The van der Waals surface area contributed by atoms with Crippen molar-refractivity contribution in [3.63, 3.8) is 0 Å². The second-order valence-corrected chi connectivity index (χ2v) is 11.1. The van der Waals surface area contributed by atoms with E-state index in [4.69, 9.17) is 0 Å². The van der Waals surface area contributed by atoms with Crippen molar-refractivity contribution in [2.24, 2.45) is 0 Å². The lowest BCUT2D eigenvalue weighted by molar-refractivity contribution is -0.139. The molecule has 6 nitrogen and oxygen atoms in total. The summed E-state index contributed by atoms with van der Waals surface area (Å²) < 4.78 is 0. The van der Waals surface area contributed by atoms with Gasteiger partial charge in [-0.2, -0.15) is 11.8 Å². The van der Waals surface area contributed by atoms with Gasteiger partial charge >= 0.3 is 5.97 Å². The van der Waals surface area contributed by atoms with Crippen LogP contribution in [0.2, 0.25) is 0 Å². The average Bonchev–Trinajstić information content (AvgIpc) is 3.03. The van der Waals surface area contributed by atoms with E-state index in [9.17, 15) is 14.7 Å². The summed E-state index contributed by atoms with van der Waals surface area (Å²) in [5, 5.41) is 14.6. The van der Waals surface area contributed by atoms with Gasteiger partial charge in [-0.05, 0) is 75.7 Å². The maximum atomic E-state index is 13.6. The van der Waals surface area contributed by atoms with E-state index in [0.717, 1.165) is 33.2 Å². The molecule has 1 unspecified atom stereocenters. The number of carboxylic acid groups (broad SMARTS) is 1. The van der Waals surface area contributed by atoms with Crippen LogP contribution in [0.1, 0.15) is 27.9 Å². The molecule has 0 saturated heterocycles. The van der Waals surface area contributed by atoms with Crippen LogP contribution in [0.25, 0.3) is 21.9 Å². The highest BCUT2D eigenvalue weighted by Gasteiger charge is 2.23. The number of pyridine rings is 1.